The van der Waals surface area contributed by atoms with Crippen LogP contribution < -0.4 is 9.80 Å². The molecular weight excluding hydrogens is 422 g/mol. The van der Waals surface area contributed by atoms with Crippen molar-refractivity contribution in [1.82, 2.24) is 0 Å². The van der Waals surface area contributed by atoms with E-state index in [2.05, 4.69) is 65.6 Å². The molecule has 0 unspecified atom stereocenters. The Balaban J connectivity index is 1.52. The summed E-state index contributed by atoms with van der Waals surface area (Å²) < 4.78 is 0. The molecule has 0 aliphatic heterocycles. The smallest absolute Gasteiger partial charge is 0.271 e. The molecule has 0 aliphatic carbocycles. The molecule has 0 heterocycles. The van der Waals surface area contributed by atoms with E-state index in [1.54, 1.807) is 12.1 Å². The lowest BCUT2D eigenvalue weighted by Gasteiger charge is -2.27. The lowest BCUT2D eigenvalue weighted by atomic mass is 10.1. The third kappa shape index (κ3) is 4.19. The fourth-order valence-corrected chi connectivity index (χ4v) is 4.13. The summed E-state index contributed by atoms with van der Waals surface area (Å²) in [5.74, 6) is 0. The molecule has 5 rings (SSSR count). The number of hydrogen-bond donors (Lipinski definition) is 0. The molecule has 0 N–H and O–H groups in total. The van der Waals surface area contributed by atoms with Crippen molar-refractivity contribution in [2.75, 3.05) is 16.8 Å². The highest BCUT2D eigenvalue weighted by atomic mass is 16.6. The predicted molar refractivity (Wildman–Crippen MR) is 140 cm³/mol. The van der Waals surface area contributed by atoms with E-state index in [0.29, 0.717) is 0 Å². The van der Waals surface area contributed by atoms with Crippen LogP contribution in [0.15, 0.2) is 121 Å². The Kier molecular flexibility index (Phi) is 5.67. The summed E-state index contributed by atoms with van der Waals surface area (Å²) in [4.78, 5) is 15.0. The van der Waals surface area contributed by atoms with Gasteiger partial charge in [0.05, 0.1) is 4.92 Å². The van der Waals surface area contributed by atoms with Crippen LogP contribution in [0.1, 0.15) is 0 Å². The van der Waals surface area contributed by atoms with Gasteiger partial charge in [0, 0.05) is 47.6 Å². The lowest BCUT2D eigenvalue weighted by Crippen LogP contribution is -2.12. The van der Waals surface area contributed by atoms with Crippen LogP contribution in [-0.4, -0.2) is 12.0 Å². The van der Waals surface area contributed by atoms with E-state index in [1.807, 2.05) is 54.4 Å². The zero-order valence-corrected chi connectivity index (χ0v) is 18.7. The molecule has 0 saturated heterocycles. The first-order valence-electron chi connectivity index (χ1n) is 11.0. The summed E-state index contributed by atoms with van der Waals surface area (Å²) in [6, 6.07) is 40.0. The Labute approximate surface area is 198 Å². The number of nitro groups is 1. The molecular formula is C29H23N3O2. The van der Waals surface area contributed by atoms with Crippen LogP contribution in [0.3, 0.4) is 0 Å². The number of fused-ring (bicyclic) bond motifs is 1. The molecule has 0 aliphatic rings. The first kappa shape index (κ1) is 21.2. The lowest BCUT2D eigenvalue weighted by molar-refractivity contribution is -0.384. The highest BCUT2D eigenvalue weighted by Crippen LogP contribution is 2.37. The maximum absolute atomic E-state index is 11.2. The van der Waals surface area contributed by atoms with Crippen LogP contribution >= 0.6 is 0 Å². The minimum absolute atomic E-state index is 0.0764. The van der Waals surface area contributed by atoms with Crippen molar-refractivity contribution in [2.24, 2.45) is 0 Å². The second-order valence-electron chi connectivity index (χ2n) is 8.05. The van der Waals surface area contributed by atoms with Gasteiger partial charge in [0.25, 0.3) is 5.69 Å². The van der Waals surface area contributed by atoms with Crippen molar-refractivity contribution >= 4 is 44.9 Å². The monoisotopic (exact) mass is 445 g/mol. The molecule has 0 bridgehead atoms. The number of nitro benzene ring substituents is 1. The summed E-state index contributed by atoms with van der Waals surface area (Å²) in [7, 11) is 1.91. The van der Waals surface area contributed by atoms with E-state index in [1.165, 1.54) is 16.8 Å². The molecule has 0 saturated carbocycles. The SMILES string of the molecule is CN(c1ccc(N(c2ccccc2)c2ccc3ccccc3c2)cc1)c1cccc([N+](=O)[O-])c1. The van der Waals surface area contributed by atoms with E-state index >= 15 is 0 Å². The highest BCUT2D eigenvalue weighted by molar-refractivity contribution is 5.89. The van der Waals surface area contributed by atoms with Crippen molar-refractivity contribution in [3.8, 4) is 0 Å². The third-order valence-corrected chi connectivity index (χ3v) is 5.93. The first-order chi connectivity index (χ1) is 16.6. The standard InChI is InChI=1S/C29H23N3O2/c1-30(27-12-7-13-29(21-27)32(33)34)24-16-18-26(19-17-24)31(25-10-3-2-4-11-25)28-15-14-22-8-5-6-9-23(22)20-28/h2-21H,1H3. The van der Waals surface area contributed by atoms with Crippen LogP contribution in [0.25, 0.3) is 10.8 Å². The van der Waals surface area contributed by atoms with Crippen LogP contribution in [0.4, 0.5) is 34.1 Å². The van der Waals surface area contributed by atoms with Gasteiger partial charge in [-0.05, 0) is 65.4 Å². The largest absolute Gasteiger partial charge is 0.344 e. The average Bonchev–Trinajstić information content (AvgIpc) is 2.89. The molecule has 0 fully saturated rings. The topological polar surface area (TPSA) is 49.6 Å². The van der Waals surface area contributed by atoms with Gasteiger partial charge in [-0.1, -0.05) is 54.6 Å². The number of nitrogens with zero attached hydrogens (tertiary/aromatic N) is 3. The molecule has 5 nitrogen and oxygen atoms in total. The Bertz CT molecular complexity index is 1450. The van der Waals surface area contributed by atoms with Gasteiger partial charge < -0.3 is 9.80 Å². The maximum Gasteiger partial charge on any atom is 0.271 e. The van der Waals surface area contributed by atoms with Gasteiger partial charge in [-0.2, -0.15) is 0 Å². The molecule has 5 heteroatoms. The summed E-state index contributed by atoms with van der Waals surface area (Å²) in [6.07, 6.45) is 0. The molecule has 34 heavy (non-hydrogen) atoms. The number of hydrogen-bond acceptors (Lipinski definition) is 4. The Morgan fingerprint density at radius 3 is 1.88 bits per heavy atom. The van der Waals surface area contributed by atoms with Crippen molar-refractivity contribution in [3.63, 3.8) is 0 Å². The van der Waals surface area contributed by atoms with Gasteiger partial charge in [0.1, 0.15) is 0 Å². The van der Waals surface area contributed by atoms with E-state index in [0.717, 1.165) is 28.4 Å². The third-order valence-electron chi connectivity index (χ3n) is 5.93. The van der Waals surface area contributed by atoms with E-state index in [-0.39, 0.29) is 10.6 Å². The minimum atomic E-state index is -0.373. The molecule has 166 valence electrons. The number of rotatable bonds is 6. The van der Waals surface area contributed by atoms with Gasteiger partial charge in [0.15, 0.2) is 0 Å². The molecule has 0 amide bonds. The van der Waals surface area contributed by atoms with Crippen LogP contribution in [0, 0.1) is 10.1 Å². The highest BCUT2D eigenvalue weighted by Gasteiger charge is 2.14. The Hall–Kier alpha value is -4.64. The summed E-state index contributed by atoms with van der Waals surface area (Å²) in [5, 5.41) is 13.5. The van der Waals surface area contributed by atoms with Crippen LogP contribution in [-0.2, 0) is 0 Å². The van der Waals surface area contributed by atoms with Gasteiger partial charge in [0.2, 0.25) is 0 Å². The fourth-order valence-electron chi connectivity index (χ4n) is 4.13. The van der Waals surface area contributed by atoms with Gasteiger partial charge in [-0.15, -0.1) is 0 Å². The van der Waals surface area contributed by atoms with E-state index < -0.39 is 0 Å². The van der Waals surface area contributed by atoms with Crippen LogP contribution in [0.5, 0.6) is 0 Å². The van der Waals surface area contributed by atoms with E-state index in [9.17, 15) is 10.1 Å². The fraction of sp³-hybridized carbons (Fsp3) is 0.0345. The van der Waals surface area contributed by atoms with Crippen molar-refractivity contribution in [2.45, 2.75) is 0 Å². The normalized spacial score (nSPS) is 10.7. The molecule has 0 spiro atoms. The zero-order valence-electron chi connectivity index (χ0n) is 18.7. The average molecular weight is 446 g/mol. The van der Waals surface area contributed by atoms with Gasteiger partial charge in [-0.3, -0.25) is 10.1 Å². The Morgan fingerprint density at radius 2 is 1.15 bits per heavy atom. The van der Waals surface area contributed by atoms with Crippen molar-refractivity contribution < 1.29 is 4.92 Å². The first-order valence-corrected chi connectivity index (χ1v) is 11.0. The molecule has 0 radical (unpaired) electrons. The van der Waals surface area contributed by atoms with Gasteiger partial charge >= 0.3 is 0 Å². The number of anilines is 5. The van der Waals surface area contributed by atoms with Crippen LogP contribution in [0.2, 0.25) is 0 Å². The number of para-hydroxylation sites is 1. The predicted octanol–water partition coefficient (Wildman–Crippen LogP) is 7.99. The quantitative estimate of drug-likeness (QED) is 0.196. The number of benzene rings is 5. The van der Waals surface area contributed by atoms with Crippen molar-refractivity contribution in [1.29, 1.82) is 0 Å². The Morgan fingerprint density at radius 1 is 0.559 bits per heavy atom. The van der Waals surface area contributed by atoms with Crippen molar-refractivity contribution in [3.05, 3.63) is 131 Å². The van der Waals surface area contributed by atoms with Gasteiger partial charge in [-0.25, -0.2) is 0 Å². The maximum atomic E-state index is 11.2. The second kappa shape index (κ2) is 9.08. The zero-order chi connectivity index (χ0) is 23.5. The number of non-ortho nitro benzene ring substituents is 1. The van der Waals surface area contributed by atoms with E-state index in [4.69, 9.17) is 0 Å². The summed E-state index contributed by atoms with van der Waals surface area (Å²) >= 11 is 0. The summed E-state index contributed by atoms with van der Waals surface area (Å²) in [5.41, 5.74) is 4.94. The second-order valence-corrected chi connectivity index (χ2v) is 8.05. The summed E-state index contributed by atoms with van der Waals surface area (Å²) in [6.45, 7) is 0. The molecule has 5 aromatic carbocycles. The molecule has 0 atom stereocenters. The molecule has 0 aromatic heterocycles. The molecule has 5 aromatic rings. The minimum Gasteiger partial charge on any atom is -0.344 e.